The molecule has 11 heteroatoms. The molecule has 8 N–H and O–H groups in total. The van der Waals surface area contributed by atoms with Crippen LogP contribution in [0.25, 0.3) is 0 Å². The van der Waals surface area contributed by atoms with Crippen molar-refractivity contribution in [3.05, 3.63) is 24.3 Å². The second-order valence-electron chi connectivity index (χ2n) is 16.1. The van der Waals surface area contributed by atoms with Gasteiger partial charge >= 0.3 is 0 Å². The number of aliphatic hydroxyl groups excluding tert-OH is 6. The molecule has 0 aliphatic carbocycles. The van der Waals surface area contributed by atoms with Gasteiger partial charge in [0.2, 0.25) is 0 Å². The smallest absolute Gasteiger partial charge is 0.186 e. The van der Waals surface area contributed by atoms with Crippen molar-refractivity contribution in [3.8, 4) is 0 Å². The maximum Gasteiger partial charge on any atom is 0.186 e. The van der Waals surface area contributed by atoms with Gasteiger partial charge in [-0.2, -0.15) is 0 Å². The average Bonchev–Trinajstić information content (AvgIpc) is 3.20. The zero-order valence-corrected chi connectivity index (χ0v) is 35.6. The van der Waals surface area contributed by atoms with E-state index < -0.39 is 61.9 Å². The largest absolute Gasteiger partial charge is 0.394 e. The van der Waals surface area contributed by atoms with Gasteiger partial charge in [0, 0.05) is 0 Å². The van der Waals surface area contributed by atoms with Crippen LogP contribution in [0.2, 0.25) is 0 Å². The monoisotopic (exact) mass is 802 g/mol. The number of nitrogens with two attached hydrogens (primary N) is 1. The van der Waals surface area contributed by atoms with Crippen LogP contribution in [0, 0.1) is 0 Å². The molecular weight excluding hydrogens is 714 g/mol. The van der Waals surface area contributed by atoms with Crippen molar-refractivity contribution in [2.24, 2.45) is 5.73 Å². The van der Waals surface area contributed by atoms with E-state index in [-0.39, 0.29) is 19.8 Å². The maximum absolute atomic E-state index is 10.7. The molecule has 1 aliphatic heterocycles. The molecule has 1 heterocycles. The lowest BCUT2D eigenvalue weighted by molar-refractivity contribution is -0.310. The zero-order chi connectivity index (χ0) is 41.1. The average molecular weight is 802 g/mol. The van der Waals surface area contributed by atoms with E-state index in [4.69, 9.17) is 24.7 Å². The predicted molar refractivity (Wildman–Crippen MR) is 225 cm³/mol. The summed E-state index contributed by atoms with van der Waals surface area (Å²) in [5, 5.41) is 61.4. The number of allylic oxidation sites excluding steroid dienone is 3. The molecule has 9 atom stereocenters. The van der Waals surface area contributed by atoms with Crippen LogP contribution in [0.1, 0.15) is 181 Å². The third-order valence-electron chi connectivity index (χ3n) is 10.7. The number of hydrogen-bond donors (Lipinski definition) is 7. The number of hydrogen-bond acceptors (Lipinski definition) is 11. The van der Waals surface area contributed by atoms with Gasteiger partial charge in [0.05, 0.1) is 38.6 Å². The van der Waals surface area contributed by atoms with Crippen LogP contribution in [0.3, 0.4) is 0 Å². The highest BCUT2D eigenvalue weighted by Gasteiger charge is 2.45. The van der Waals surface area contributed by atoms with Gasteiger partial charge in [-0.1, -0.05) is 154 Å². The van der Waals surface area contributed by atoms with Crippen LogP contribution >= 0.6 is 0 Å². The summed E-state index contributed by atoms with van der Waals surface area (Å²) in [7, 11) is 0. The number of aliphatic hydroxyl groups is 6. The van der Waals surface area contributed by atoms with Crippen LogP contribution in [0.4, 0.5) is 0 Å². The summed E-state index contributed by atoms with van der Waals surface area (Å²) in [5.74, 6) is 0. The van der Waals surface area contributed by atoms with Crippen molar-refractivity contribution < 1.29 is 49.6 Å². The van der Waals surface area contributed by atoms with Crippen LogP contribution in [-0.4, -0.2) is 112 Å². The predicted octanol–water partition coefficient (Wildman–Crippen LogP) is 7.51. The molecule has 1 rings (SSSR count). The van der Waals surface area contributed by atoms with E-state index in [1.807, 2.05) is 6.08 Å². The summed E-state index contributed by atoms with van der Waals surface area (Å²) in [5.41, 5.74) is 6.16. The highest BCUT2D eigenvalue weighted by Crippen LogP contribution is 2.24. The Morgan fingerprint density at radius 3 is 1.59 bits per heavy atom. The minimum absolute atomic E-state index is 0.124. The molecule has 56 heavy (non-hydrogen) atoms. The zero-order valence-electron chi connectivity index (χ0n) is 35.6. The molecule has 0 aromatic carbocycles. The summed E-state index contributed by atoms with van der Waals surface area (Å²) in [4.78, 5) is 0. The molecule has 0 bridgehead atoms. The van der Waals surface area contributed by atoms with Crippen molar-refractivity contribution in [2.45, 2.75) is 236 Å². The molecular formula is C45H87NO10. The number of ether oxygens (including phenoxy) is 4. The second kappa shape index (κ2) is 37.1. The topological polar surface area (TPSA) is 184 Å². The Labute approximate surface area is 341 Å². The molecule has 2 unspecified atom stereocenters. The van der Waals surface area contributed by atoms with E-state index in [1.54, 1.807) is 6.08 Å². The lowest BCUT2D eigenvalue weighted by atomic mass is 9.99. The highest BCUT2D eigenvalue weighted by atomic mass is 16.7. The minimum atomic E-state index is -1.56. The van der Waals surface area contributed by atoms with Gasteiger partial charge in [-0.15, -0.1) is 0 Å². The Balaban J connectivity index is 2.39. The fourth-order valence-electron chi connectivity index (χ4n) is 6.87. The van der Waals surface area contributed by atoms with Crippen LogP contribution in [0.5, 0.6) is 0 Å². The number of rotatable bonds is 39. The van der Waals surface area contributed by atoms with Gasteiger partial charge in [0.15, 0.2) is 12.6 Å². The first-order chi connectivity index (χ1) is 27.2. The first-order valence-corrected chi connectivity index (χ1v) is 22.8. The van der Waals surface area contributed by atoms with Crippen LogP contribution < -0.4 is 5.73 Å². The molecule has 0 saturated carbocycles. The first-order valence-electron chi connectivity index (χ1n) is 22.8. The lowest BCUT2D eigenvalue weighted by Crippen LogP contribution is -2.60. The van der Waals surface area contributed by atoms with Gasteiger partial charge in [-0.3, -0.25) is 0 Å². The molecule has 0 aromatic rings. The van der Waals surface area contributed by atoms with E-state index >= 15 is 0 Å². The van der Waals surface area contributed by atoms with Crippen LogP contribution in [0.15, 0.2) is 24.3 Å². The van der Waals surface area contributed by atoms with E-state index in [9.17, 15) is 30.6 Å². The Bertz CT molecular complexity index is 910. The van der Waals surface area contributed by atoms with Crippen molar-refractivity contribution in [3.63, 3.8) is 0 Å². The normalized spacial score (nSPS) is 22.6. The molecule has 0 spiro atoms. The maximum atomic E-state index is 10.7. The van der Waals surface area contributed by atoms with E-state index in [0.717, 1.165) is 57.8 Å². The highest BCUT2D eigenvalue weighted by molar-refractivity contribution is 4.94. The summed E-state index contributed by atoms with van der Waals surface area (Å²) < 4.78 is 23.2. The Kier molecular flexibility index (Phi) is 35.1. The first kappa shape index (κ1) is 53.1. The summed E-state index contributed by atoms with van der Waals surface area (Å²) in [6.45, 7) is 3.60. The van der Waals surface area contributed by atoms with Gasteiger partial charge < -0.3 is 55.3 Å². The van der Waals surface area contributed by atoms with E-state index in [1.165, 1.54) is 103 Å². The molecule has 1 aliphatic rings. The Hall–Kier alpha value is -0.960. The fourth-order valence-corrected chi connectivity index (χ4v) is 6.87. The van der Waals surface area contributed by atoms with E-state index in [2.05, 4.69) is 26.0 Å². The van der Waals surface area contributed by atoms with Crippen LogP contribution in [-0.2, 0) is 18.9 Å². The molecule has 0 aromatic heterocycles. The van der Waals surface area contributed by atoms with Crippen molar-refractivity contribution in [1.82, 2.24) is 0 Å². The summed E-state index contributed by atoms with van der Waals surface area (Å²) in [6.07, 6.45) is 29.4. The molecule has 1 fully saturated rings. The van der Waals surface area contributed by atoms with Gasteiger partial charge in [-0.05, 0) is 51.4 Å². The van der Waals surface area contributed by atoms with Crippen molar-refractivity contribution in [2.75, 3.05) is 26.4 Å². The fraction of sp³-hybridized carbons (Fsp3) is 0.911. The molecule has 332 valence electrons. The summed E-state index contributed by atoms with van der Waals surface area (Å²) >= 11 is 0. The van der Waals surface area contributed by atoms with Gasteiger partial charge in [0.1, 0.15) is 30.5 Å². The van der Waals surface area contributed by atoms with Gasteiger partial charge in [-0.25, -0.2) is 0 Å². The quantitative estimate of drug-likeness (QED) is 0.0186. The standard InChI is InChI=1S/C45H87NO10/c1-3-5-7-9-11-13-15-17-18-20-22-24-26-28-30-32-41(53-34-37(48)33-47)54-36-40-42(50)43(51)44(52)45(56-40)55-35-38(46)39(49)31-29-27-25-23-21-19-16-14-12-10-8-6-4-2/h17-18,29,31,37-45,47-52H,3-16,19-28,30,32-36,46H2,1-2H3/b18-17+,31-29+/t37?,38-,39+,40+,41?,42-,43-,44+,45+/m0/s1. The lowest BCUT2D eigenvalue weighted by Gasteiger charge is -2.40. The second-order valence-corrected chi connectivity index (χ2v) is 16.1. The van der Waals surface area contributed by atoms with Gasteiger partial charge in [0.25, 0.3) is 0 Å². The Morgan fingerprint density at radius 1 is 0.589 bits per heavy atom. The minimum Gasteiger partial charge on any atom is -0.394 e. The number of unbranched alkanes of at least 4 members (excludes halogenated alkanes) is 22. The molecule has 11 nitrogen and oxygen atoms in total. The van der Waals surface area contributed by atoms with Crippen molar-refractivity contribution >= 4 is 0 Å². The third kappa shape index (κ3) is 27.7. The molecule has 1 saturated heterocycles. The SMILES string of the molecule is CCCCCCCC/C=C/CCCCCCCC(OCC(O)CO)OC[C@H]1O[C@@H](OC[C@H](N)[C@H](O)/C=C/CCCCCCCCCCCCC)[C@H](O)[C@@H](O)[C@H]1O. The van der Waals surface area contributed by atoms with E-state index in [0.29, 0.717) is 6.42 Å². The molecule has 0 radical (unpaired) electrons. The summed E-state index contributed by atoms with van der Waals surface area (Å²) in [6, 6.07) is -0.792. The molecule has 0 amide bonds. The third-order valence-corrected chi connectivity index (χ3v) is 10.7. The van der Waals surface area contributed by atoms with Crippen molar-refractivity contribution in [1.29, 1.82) is 0 Å². The Morgan fingerprint density at radius 2 is 1.07 bits per heavy atom.